The second kappa shape index (κ2) is 8.13. The van der Waals surface area contributed by atoms with E-state index in [0.29, 0.717) is 0 Å². The van der Waals surface area contributed by atoms with Crippen molar-refractivity contribution in [1.82, 2.24) is 10.3 Å². The molecule has 0 aliphatic rings. The first-order chi connectivity index (χ1) is 11.7. The molecule has 0 fully saturated rings. The maximum Gasteiger partial charge on any atom is 0.252 e. The van der Waals surface area contributed by atoms with E-state index in [4.69, 9.17) is 0 Å². The predicted molar refractivity (Wildman–Crippen MR) is 100 cm³/mol. The minimum atomic E-state index is -0.0594. The van der Waals surface area contributed by atoms with Gasteiger partial charge in [0.25, 0.3) is 5.91 Å². The van der Waals surface area contributed by atoms with Gasteiger partial charge >= 0.3 is 0 Å². The van der Waals surface area contributed by atoms with Crippen molar-refractivity contribution in [3.05, 3.63) is 82.3 Å². The van der Waals surface area contributed by atoms with Crippen LogP contribution in [0.4, 0.5) is 0 Å². The number of nitrogens with one attached hydrogen (secondary N) is 1. The predicted octanol–water partition coefficient (Wildman–Crippen LogP) is 4.93. The molecule has 0 spiro atoms. The number of thioether (sulfide) groups is 1. The molecule has 2 aromatic heterocycles. The summed E-state index contributed by atoms with van der Waals surface area (Å²) < 4.78 is 0. The SMILES string of the molecule is CC(NC(=O)c1ccccc1SCc1cccs1)c1ccncc1. The third-order valence-corrected chi connectivity index (χ3v) is 5.82. The Labute approximate surface area is 150 Å². The second-order valence-corrected chi connectivity index (χ2v) is 7.39. The lowest BCUT2D eigenvalue weighted by molar-refractivity contribution is 0.0937. The van der Waals surface area contributed by atoms with Crippen molar-refractivity contribution in [3.8, 4) is 0 Å². The molecule has 24 heavy (non-hydrogen) atoms. The molecule has 1 unspecified atom stereocenters. The highest BCUT2D eigenvalue weighted by Gasteiger charge is 2.15. The molecule has 0 aliphatic heterocycles. The zero-order valence-corrected chi connectivity index (χ0v) is 14.9. The molecule has 0 bridgehead atoms. The Balaban J connectivity index is 1.70. The largest absolute Gasteiger partial charge is 0.345 e. The monoisotopic (exact) mass is 354 g/mol. The first-order valence-electron chi connectivity index (χ1n) is 7.69. The molecule has 3 nitrogen and oxygen atoms in total. The number of amides is 1. The molecular formula is C19H18N2OS2. The van der Waals surface area contributed by atoms with Crippen LogP contribution in [-0.4, -0.2) is 10.9 Å². The minimum Gasteiger partial charge on any atom is -0.345 e. The van der Waals surface area contributed by atoms with Gasteiger partial charge in [-0.15, -0.1) is 23.1 Å². The third-order valence-electron chi connectivity index (χ3n) is 3.64. The average molecular weight is 354 g/mol. The van der Waals surface area contributed by atoms with Crippen LogP contribution < -0.4 is 5.32 Å². The summed E-state index contributed by atoms with van der Waals surface area (Å²) >= 11 is 3.43. The van der Waals surface area contributed by atoms with Crippen LogP contribution in [0.15, 0.2) is 71.2 Å². The molecule has 0 radical (unpaired) electrons. The maximum atomic E-state index is 12.7. The molecule has 1 aromatic carbocycles. The van der Waals surface area contributed by atoms with Crippen LogP contribution in [0.5, 0.6) is 0 Å². The van der Waals surface area contributed by atoms with E-state index in [1.807, 2.05) is 43.3 Å². The summed E-state index contributed by atoms with van der Waals surface area (Å²) in [6, 6.07) is 15.7. The number of pyridine rings is 1. The first kappa shape index (κ1) is 16.7. The van der Waals surface area contributed by atoms with Gasteiger partial charge in [0.15, 0.2) is 0 Å². The first-order valence-corrected chi connectivity index (χ1v) is 9.55. The molecule has 1 amide bonds. The van der Waals surface area contributed by atoms with Crippen LogP contribution in [0.1, 0.15) is 33.8 Å². The number of hydrogen-bond acceptors (Lipinski definition) is 4. The number of hydrogen-bond donors (Lipinski definition) is 1. The highest BCUT2D eigenvalue weighted by molar-refractivity contribution is 7.98. The van der Waals surface area contributed by atoms with Crippen LogP contribution >= 0.6 is 23.1 Å². The molecule has 3 rings (SSSR count). The second-order valence-electron chi connectivity index (χ2n) is 5.34. The van der Waals surface area contributed by atoms with E-state index in [0.717, 1.165) is 21.8 Å². The van der Waals surface area contributed by atoms with Crippen LogP contribution in [0.2, 0.25) is 0 Å². The van der Waals surface area contributed by atoms with E-state index in [1.165, 1.54) is 4.88 Å². The Morgan fingerprint density at radius 2 is 1.96 bits per heavy atom. The van der Waals surface area contributed by atoms with Gasteiger partial charge in [-0.05, 0) is 48.2 Å². The fourth-order valence-electron chi connectivity index (χ4n) is 2.33. The normalized spacial score (nSPS) is 11.9. The lowest BCUT2D eigenvalue weighted by Crippen LogP contribution is -2.27. The smallest absolute Gasteiger partial charge is 0.252 e. The fourth-order valence-corrected chi connectivity index (χ4v) is 4.16. The summed E-state index contributed by atoms with van der Waals surface area (Å²) in [7, 11) is 0. The lowest BCUT2D eigenvalue weighted by atomic mass is 10.1. The number of carbonyl (C=O) groups is 1. The Hall–Kier alpha value is -2.11. The van der Waals surface area contributed by atoms with Gasteiger partial charge in [-0.1, -0.05) is 18.2 Å². The number of carbonyl (C=O) groups excluding carboxylic acids is 1. The van der Waals surface area contributed by atoms with Crippen molar-refractivity contribution >= 4 is 29.0 Å². The number of rotatable bonds is 6. The number of benzene rings is 1. The summed E-state index contributed by atoms with van der Waals surface area (Å²) in [4.78, 5) is 19.0. The lowest BCUT2D eigenvalue weighted by Gasteiger charge is -2.15. The topological polar surface area (TPSA) is 42.0 Å². The molecule has 3 aromatic rings. The minimum absolute atomic E-state index is 0.0476. The Kier molecular flexibility index (Phi) is 5.67. The van der Waals surface area contributed by atoms with Gasteiger partial charge < -0.3 is 5.32 Å². The number of aromatic nitrogens is 1. The van der Waals surface area contributed by atoms with Gasteiger partial charge in [-0.3, -0.25) is 9.78 Å². The number of nitrogens with zero attached hydrogens (tertiary/aromatic N) is 1. The summed E-state index contributed by atoms with van der Waals surface area (Å²) in [5.74, 6) is 0.829. The maximum absolute atomic E-state index is 12.7. The molecule has 5 heteroatoms. The highest BCUT2D eigenvalue weighted by Crippen LogP contribution is 2.28. The van der Waals surface area contributed by atoms with E-state index in [1.54, 1.807) is 35.5 Å². The Morgan fingerprint density at radius 3 is 2.71 bits per heavy atom. The van der Waals surface area contributed by atoms with Crippen molar-refractivity contribution in [2.75, 3.05) is 0 Å². The molecule has 2 heterocycles. The van der Waals surface area contributed by atoms with Gasteiger partial charge in [0.1, 0.15) is 0 Å². The summed E-state index contributed by atoms with van der Waals surface area (Å²) in [5.41, 5.74) is 1.77. The highest BCUT2D eigenvalue weighted by atomic mass is 32.2. The zero-order valence-electron chi connectivity index (χ0n) is 13.3. The fraction of sp³-hybridized carbons (Fsp3) is 0.158. The number of thiophene rings is 1. The van der Waals surface area contributed by atoms with Crippen molar-refractivity contribution < 1.29 is 4.79 Å². The van der Waals surface area contributed by atoms with Gasteiger partial charge in [0, 0.05) is 27.9 Å². The Bertz CT molecular complexity index is 788. The zero-order chi connectivity index (χ0) is 16.8. The summed E-state index contributed by atoms with van der Waals surface area (Å²) in [5, 5.41) is 5.14. The third kappa shape index (κ3) is 4.24. The van der Waals surface area contributed by atoms with E-state index < -0.39 is 0 Å². The van der Waals surface area contributed by atoms with E-state index in [-0.39, 0.29) is 11.9 Å². The molecule has 1 atom stereocenters. The summed E-state index contributed by atoms with van der Waals surface area (Å²) in [6.07, 6.45) is 3.48. The van der Waals surface area contributed by atoms with Crippen molar-refractivity contribution in [1.29, 1.82) is 0 Å². The van der Waals surface area contributed by atoms with Crippen molar-refractivity contribution in [3.63, 3.8) is 0 Å². The Morgan fingerprint density at radius 1 is 1.17 bits per heavy atom. The van der Waals surface area contributed by atoms with Gasteiger partial charge in [0.05, 0.1) is 11.6 Å². The van der Waals surface area contributed by atoms with Gasteiger partial charge in [-0.2, -0.15) is 0 Å². The molecule has 0 saturated heterocycles. The summed E-state index contributed by atoms with van der Waals surface area (Å²) in [6.45, 7) is 1.98. The van der Waals surface area contributed by atoms with E-state index in [2.05, 4.69) is 27.8 Å². The van der Waals surface area contributed by atoms with Gasteiger partial charge in [-0.25, -0.2) is 0 Å². The molecule has 1 N–H and O–H groups in total. The van der Waals surface area contributed by atoms with Gasteiger partial charge in [0.2, 0.25) is 0 Å². The van der Waals surface area contributed by atoms with Crippen molar-refractivity contribution in [2.24, 2.45) is 0 Å². The van der Waals surface area contributed by atoms with E-state index >= 15 is 0 Å². The van der Waals surface area contributed by atoms with E-state index in [9.17, 15) is 4.79 Å². The average Bonchev–Trinajstić information content (AvgIpc) is 3.14. The van der Waals surface area contributed by atoms with Crippen molar-refractivity contribution in [2.45, 2.75) is 23.6 Å². The van der Waals surface area contributed by atoms with Crippen LogP contribution in [0, 0.1) is 0 Å². The van der Waals surface area contributed by atoms with Crippen LogP contribution in [0.3, 0.4) is 0 Å². The molecular weight excluding hydrogens is 336 g/mol. The standard InChI is InChI=1S/C19H18N2OS2/c1-14(15-8-10-20-11-9-15)21-19(22)17-6-2-3-7-18(17)24-13-16-5-4-12-23-16/h2-12,14H,13H2,1H3,(H,21,22). The quantitative estimate of drug-likeness (QED) is 0.639. The molecule has 122 valence electrons. The molecule has 0 saturated carbocycles. The van der Waals surface area contributed by atoms with Crippen LogP contribution in [-0.2, 0) is 5.75 Å². The van der Waals surface area contributed by atoms with Crippen LogP contribution in [0.25, 0.3) is 0 Å². The molecule has 0 aliphatic carbocycles.